The third-order valence-corrected chi connectivity index (χ3v) is 3.17. The molecular formula is C15H10O7V. The molecule has 0 bridgehead atoms. The van der Waals surface area contributed by atoms with Gasteiger partial charge in [-0.2, -0.15) is 0 Å². The third kappa shape index (κ3) is 2.67. The Labute approximate surface area is 140 Å². The van der Waals surface area contributed by atoms with Gasteiger partial charge in [-0.15, -0.1) is 0 Å². The first-order valence-electron chi connectivity index (χ1n) is 6.12. The fraction of sp³-hybridized carbons (Fsp3) is 0. The predicted octanol–water partition coefficient (Wildman–Crippen LogP) is 1.99. The quantitative estimate of drug-likeness (QED) is 0.423. The number of hydrogen-bond donors (Lipinski definition) is 5. The van der Waals surface area contributed by atoms with E-state index in [0.717, 1.165) is 24.3 Å². The largest absolute Gasteiger partial charge is 0.508 e. The molecule has 1 aromatic heterocycles. The van der Waals surface area contributed by atoms with E-state index in [4.69, 9.17) is 4.42 Å². The Balaban J connectivity index is 0.00000192. The van der Waals surface area contributed by atoms with Gasteiger partial charge in [0.15, 0.2) is 17.3 Å². The average Bonchev–Trinajstić information content (AvgIpc) is 2.45. The van der Waals surface area contributed by atoms with Crippen molar-refractivity contribution in [1.29, 1.82) is 0 Å². The number of benzene rings is 2. The molecule has 0 saturated carbocycles. The van der Waals surface area contributed by atoms with Gasteiger partial charge in [0.1, 0.15) is 22.5 Å². The molecule has 0 amide bonds. The Bertz CT molecular complexity index is 962. The molecule has 2 aromatic carbocycles. The second-order valence-electron chi connectivity index (χ2n) is 4.65. The standard InChI is InChI=1S/C15H10O7.V/c16-7-4-10(19)12-11(5-7)22-15(14(21)13(12)20)6-1-2-8(17)9(18)3-6;/h1-5,16-19,21H;. The molecular weight excluding hydrogens is 343 g/mol. The monoisotopic (exact) mass is 353 g/mol. The van der Waals surface area contributed by atoms with Gasteiger partial charge < -0.3 is 29.9 Å². The van der Waals surface area contributed by atoms with E-state index < -0.39 is 22.7 Å². The first-order chi connectivity index (χ1) is 10.4. The molecule has 8 heteroatoms. The SMILES string of the molecule is O=c1c(O)c(-c2ccc(O)c(O)c2)oc2cc(O)cc(O)c12.[V]. The van der Waals surface area contributed by atoms with E-state index in [9.17, 15) is 30.3 Å². The number of fused-ring (bicyclic) bond motifs is 1. The van der Waals surface area contributed by atoms with E-state index in [1.165, 1.54) is 6.07 Å². The summed E-state index contributed by atoms with van der Waals surface area (Å²) in [7, 11) is 0. The number of hydrogen-bond acceptors (Lipinski definition) is 7. The predicted molar refractivity (Wildman–Crippen MR) is 76.2 cm³/mol. The summed E-state index contributed by atoms with van der Waals surface area (Å²) in [5.41, 5.74) is -0.890. The molecule has 0 aliphatic heterocycles. The van der Waals surface area contributed by atoms with Crippen molar-refractivity contribution < 1.29 is 48.5 Å². The summed E-state index contributed by atoms with van der Waals surface area (Å²) in [5.74, 6) is -2.71. The van der Waals surface area contributed by atoms with Crippen LogP contribution in [-0.2, 0) is 18.6 Å². The van der Waals surface area contributed by atoms with Crippen LogP contribution in [0.15, 0.2) is 39.5 Å². The van der Waals surface area contributed by atoms with Crippen molar-refractivity contribution in [1.82, 2.24) is 0 Å². The first-order valence-corrected chi connectivity index (χ1v) is 6.12. The van der Waals surface area contributed by atoms with Crippen LogP contribution in [0, 0.1) is 0 Å². The molecule has 1 heterocycles. The maximum atomic E-state index is 12.1. The molecule has 1 radical (unpaired) electrons. The summed E-state index contributed by atoms with van der Waals surface area (Å²) in [6, 6.07) is 5.64. The van der Waals surface area contributed by atoms with E-state index in [1.807, 2.05) is 0 Å². The third-order valence-electron chi connectivity index (χ3n) is 3.17. The van der Waals surface area contributed by atoms with Crippen molar-refractivity contribution in [3.63, 3.8) is 0 Å². The van der Waals surface area contributed by atoms with Crippen LogP contribution in [-0.4, -0.2) is 25.5 Å². The molecule has 0 atom stereocenters. The van der Waals surface area contributed by atoms with Crippen LogP contribution in [0.4, 0.5) is 0 Å². The number of phenolic OH excluding ortho intramolecular Hbond substituents is 4. The summed E-state index contributed by atoms with van der Waals surface area (Å²) in [4.78, 5) is 12.1. The zero-order valence-corrected chi connectivity index (χ0v) is 12.8. The summed E-state index contributed by atoms with van der Waals surface area (Å²) in [5, 5.41) is 47.6. The Kier molecular flexibility index (Phi) is 4.18. The Morgan fingerprint density at radius 2 is 1.52 bits per heavy atom. The smallest absolute Gasteiger partial charge is 0.238 e. The van der Waals surface area contributed by atoms with E-state index in [2.05, 4.69) is 0 Å². The van der Waals surface area contributed by atoms with Crippen molar-refractivity contribution >= 4 is 11.0 Å². The minimum Gasteiger partial charge on any atom is -0.508 e. The molecule has 117 valence electrons. The van der Waals surface area contributed by atoms with Crippen molar-refractivity contribution in [3.05, 3.63) is 40.6 Å². The molecule has 0 unspecified atom stereocenters. The van der Waals surface area contributed by atoms with Crippen LogP contribution >= 0.6 is 0 Å². The first kappa shape index (κ1) is 16.6. The van der Waals surface area contributed by atoms with E-state index in [-0.39, 0.29) is 52.3 Å². The molecule has 3 rings (SSSR count). The summed E-state index contributed by atoms with van der Waals surface area (Å²) >= 11 is 0. The van der Waals surface area contributed by atoms with Gasteiger partial charge in [0, 0.05) is 36.3 Å². The Hall–Kier alpha value is -2.77. The zero-order chi connectivity index (χ0) is 16.0. The average molecular weight is 353 g/mol. The topological polar surface area (TPSA) is 131 Å². The van der Waals surface area contributed by atoms with E-state index in [0.29, 0.717) is 0 Å². The van der Waals surface area contributed by atoms with Crippen LogP contribution in [0.5, 0.6) is 28.7 Å². The maximum absolute atomic E-state index is 12.1. The van der Waals surface area contributed by atoms with Gasteiger partial charge in [-0.3, -0.25) is 4.79 Å². The minimum atomic E-state index is -0.888. The minimum absolute atomic E-state index is 0. The summed E-state index contributed by atoms with van der Waals surface area (Å²) in [6.45, 7) is 0. The fourth-order valence-electron chi connectivity index (χ4n) is 2.14. The van der Waals surface area contributed by atoms with Crippen LogP contribution in [0.3, 0.4) is 0 Å². The van der Waals surface area contributed by atoms with Crippen molar-refractivity contribution in [2.24, 2.45) is 0 Å². The van der Waals surface area contributed by atoms with Crippen LogP contribution in [0.25, 0.3) is 22.3 Å². The maximum Gasteiger partial charge on any atom is 0.238 e. The molecule has 0 aliphatic carbocycles. The molecule has 7 nitrogen and oxygen atoms in total. The van der Waals surface area contributed by atoms with E-state index >= 15 is 0 Å². The Morgan fingerprint density at radius 1 is 0.826 bits per heavy atom. The molecule has 0 spiro atoms. The number of aromatic hydroxyl groups is 5. The van der Waals surface area contributed by atoms with Gasteiger partial charge in [0.25, 0.3) is 0 Å². The van der Waals surface area contributed by atoms with Gasteiger partial charge in [0.05, 0.1) is 0 Å². The number of phenols is 4. The second-order valence-corrected chi connectivity index (χ2v) is 4.65. The fourth-order valence-corrected chi connectivity index (χ4v) is 2.14. The van der Waals surface area contributed by atoms with Crippen molar-refractivity contribution in [2.75, 3.05) is 0 Å². The Morgan fingerprint density at radius 3 is 2.17 bits per heavy atom. The summed E-state index contributed by atoms with van der Waals surface area (Å²) in [6.07, 6.45) is 0. The van der Waals surface area contributed by atoms with Gasteiger partial charge in [-0.05, 0) is 18.2 Å². The molecule has 0 saturated heterocycles. The van der Waals surface area contributed by atoms with Gasteiger partial charge in [-0.25, -0.2) is 0 Å². The molecule has 0 aliphatic rings. The van der Waals surface area contributed by atoms with E-state index in [1.54, 1.807) is 0 Å². The van der Waals surface area contributed by atoms with Crippen LogP contribution < -0.4 is 5.43 Å². The van der Waals surface area contributed by atoms with Gasteiger partial charge in [-0.1, -0.05) is 0 Å². The summed E-state index contributed by atoms with van der Waals surface area (Å²) < 4.78 is 5.35. The normalized spacial score (nSPS) is 10.4. The van der Waals surface area contributed by atoms with Crippen LogP contribution in [0.2, 0.25) is 0 Å². The zero-order valence-electron chi connectivity index (χ0n) is 11.4. The molecule has 23 heavy (non-hydrogen) atoms. The second kappa shape index (κ2) is 5.79. The molecule has 5 N–H and O–H groups in total. The van der Waals surface area contributed by atoms with Crippen molar-refractivity contribution in [3.8, 4) is 40.1 Å². The van der Waals surface area contributed by atoms with Crippen LogP contribution in [0.1, 0.15) is 0 Å². The number of rotatable bonds is 1. The van der Waals surface area contributed by atoms with Gasteiger partial charge in [0.2, 0.25) is 11.2 Å². The molecule has 0 fully saturated rings. The molecule has 3 aromatic rings. The van der Waals surface area contributed by atoms with Gasteiger partial charge >= 0.3 is 0 Å². The van der Waals surface area contributed by atoms with Crippen molar-refractivity contribution in [2.45, 2.75) is 0 Å².